The quantitative estimate of drug-likeness (QED) is 0.781. The lowest BCUT2D eigenvalue weighted by Gasteiger charge is -2.22. The number of anilines is 1. The number of amides is 1. The van der Waals surface area contributed by atoms with Crippen molar-refractivity contribution in [2.45, 2.75) is 36.3 Å². The highest BCUT2D eigenvalue weighted by molar-refractivity contribution is 7.84. The zero-order valence-corrected chi connectivity index (χ0v) is 15.8. The summed E-state index contributed by atoms with van der Waals surface area (Å²) in [6, 6.07) is 17.1. The Balaban J connectivity index is 1.51. The first kappa shape index (κ1) is 18.8. The van der Waals surface area contributed by atoms with Crippen LogP contribution >= 0.6 is 0 Å². The van der Waals surface area contributed by atoms with Gasteiger partial charge in [-0.2, -0.15) is 0 Å². The molecule has 1 unspecified atom stereocenters. The topological polar surface area (TPSA) is 58.2 Å². The summed E-state index contributed by atoms with van der Waals surface area (Å²) in [5, 5.41) is 6.33. The molecule has 2 N–H and O–H groups in total. The highest BCUT2D eigenvalue weighted by atomic mass is 32.2. The molecule has 0 bridgehead atoms. The number of hydrogen-bond acceptors (Lipinski definition) is 3. The summed E-state index contributed by atoms with van der Waals surface area (Å²) in [6.07, 6.45) is 3.83. The fraction of sp³-hybridized carbons (Fsp3) is 0.381. The minimum Gasteiger partial charge on any atom is -0.326 e. The maximum Gasteiger partial charge on any atom is 0.224 e. The lowest BCUT2D eigenvalue weighted by Crippen LogP contribution is -2.28. The maximum absolute atomic E-state index is 12.4. The number of nitrogens with one attached hydrogen (secondary N) is 2. The van der Waals surface area contributed by atoms with Gasteiger partial charge in [-0.05, 0) is 68.1 Å². The zero-order valence-electron chi connectivity index (χ0n) is 14.9. The van der Waals surface area contributed by atoms with Crippen molar-refractivity contribution in [3.8, 4) is 0 Å². The van der Waals surface area contributed by atoms with E-state index in [0.717, 1.165) is 48.5 Å². The largest absolute Gasteiger partial charge is 0.326 e. The van der Waals surface area contributed by atoms with Gasteiger partial charge in [0.15, 0.2) is 0 Å². The molecular formula is C21H26N2O2S. The number of piperidine rings is 1. The molecule has 0 saturated carbocycles. The fourth-order valence-electron chi connectivity index (χ4n) is 3.27. The van der Waals surface area contributed by atoms with E-state index in [1.165, 1.54) is 0 Å². The van der Waals surface area contributed by atoms with Gasteiger partial charge in [-0.25, -0.2) is 0 Å². The first-order valence-corrected chi connectivity index (χ1v) is 10.6. The van der Waals surface area contributed by atoms with Gasteiger partial charge in [0, 0.05) is 17.0 Å². The number of carbonyl (C=O) groups is 1. The van der Waals surface area contributed by atoms with Crippen LogP contribution in [0.1, 0.15) is 31.2 Å². The minimum absolute atomic E-state index is 0.0601. The molecule has 1 aliphatic heterocycles. The molecule has 2 aromatic rings. The monoisotopic (exact) mass is 370 g/mol. The molecule has 26 heavy (non-hydrogen) atoms. The predicted molar refractivity (Wildman–Crippen MR) is 106 cm³/mol. The standard InChI is InChI=1S/C21H26N2O2S/c24-21(10-9-17-11-13-22-14-12-17)23-19-6-4-5-18(15-19)16-26(25)20-7-2-1-3-8-20/h1-8,15,17,22H,9-14,16H2,(H,23,24). The molecule has 138 valence electrons. The van der Waals surface area contributed by atoms with Crippen LogP contribution in [0.15, 0.2) is 59.5 Å². The number of benzene rings is 2. The van der Waals surface area contributed by atoms with E-state index in [1.807, 2.05) is 54.6 Å². The summed E-state index contributed by atoms with van der Waals surface area (Å²) in [7, 11) is -1.08. The van der Waals surface area contributed by atoms with Crippen molar-refractivity contribution >= 4 is 22.4 Å². The molecular weight excluding hydrogens is 344 g/mol. The van der Waals surface area contributed by atoms with Gasteiger partial charge >= 0.3 is 0 Å². The normalized spacial score (nSPS) is 16.2. The van der Waals surface area contributed by atoms with Crippen molar-refractivity contribution in [3.05, 3.63) is 60.2 Å². The lowest BCUT2D eigenvalue weighted by atomic mass is 9.93. The Bertz CT molecular complexity index is 743. The third-order valence-electron chi connectivity index (χ3n) is 4.75. The van der Waals surface area contributed by atoms with Crippen molar-refractivity contribution in [2.75, 3.05) is 18.4 Å². The maximum atomic E-state index is 12.4. The van der Waals surface area contributed by atoms with Crippen LogP contribution in [0.4, 0.5) is 5.69 Å². The van der Waals surface area contributed by atoms with Gasteiger partial charge in [0.2, 0.25) is 5.91 Å². The second-order valence-electron chi connectivity index (χ2n) is 6.78. The van der Waals surface area contributed by atoms with Crippen LogP contribution in [-0.4, -0.2) is 23.2 Å². The van der Waals surface area contributed by atoms with E-state index in [1.54, 1.807) is 0 Å². The molecule has 4 nitrogen and oxygen atoms in total. The van der Waals surface area contributed by atoms with Crippen LogP contribution in [-0.2, 0) is 21.3 Å². The minimum atomic E-state index is -1.08. The lowest BCUT2D eigenvalue weighted by molar-refractivity contribution is -0.116. The molecule has 0 aliphatic carbocycles. The Labute approximate surface area is 157 Å². The molecule has 1 aliphatic rings. The summed E-state index contributed by atoms with van der Waals surface area (Å²) in [4.78, 5) is 13.0. The Morgan fingerprint density at radius 1 is 1.08 bits per heavy atom. The SMILES string of the molecule is O=C(CCC1CCNCC1)Nc1cccc(CS(=O)c2ccccc2)c1. The van der Waals surface area contributed by atoms with Gasteiger partial charge in [0.1, 0.15) is 0 Å². The van der Waals surface area contributed by atoms with Crippen LogP contribution in [0.3, 0.4) is 0 Å². The first-order valence-electron chi connectivity index (χ1n) is 9.23. The third-order valence-corrected chi connectivity index (χ3v) is 6.15. The molecule has 0 spiro atoms. The summed E-state index contributed by atoms with van der Waals surface area (Å²) in [5.41, 5.74) is 1.74. The average molecular weight is 371 g/mol. The van der Waals surface area contributed by atoms with Crippen molar-refractivity contribution in [1.29, 1.82) is 0 Å². The molecule has 2 aromatic carbocycles. The molecule has 1 fully saturated rings. The highest BCUT2D eigenvalue weighted by Gasteiger charge is 2.14. The number of carbonyl (C=O) groups excluding carboxylic acids is 1. The Morgan fingerprint density at radius 3 is 2.62 bits per heavy atom. The van der Waals surface area contributed by atoms with E-state index in [9.17, 15) is 9.00 Å². The van der Waals surface area contributed by atoms with Gasteiger partial charge in [0.05, 0.1) is 16.6 Å². The number of rotatable bonds is 7. The molecule has 1 heterocycles. The average Bonchev–Trinajstić information content (AvgIpc) is 2.68. The van der Waals surface area contributed by atoms with Gasteiger partial charge in [-0.3, -0.25) is 9.00 Å². The van der Waals surface area contributed by atoms with E-state index in [4.69, 9.17) is 0 Å². The molecule has 3 rings (SSSR count). The van der Waals surface area contributed by atoms with E-state index < -0.39 is 10.8 Å². The molecule has 1 amide bonds. The van der Waals surface area contributed by atoms with E-state index in [0.29, 0.717) is 18.1 Å². The van der Waals surface area contributed by atoms with Crippen molar-refractivity contribution in [2.24, 2.45) is 5.92 Å². The van der Waals surface area contributed by atoms with Crippen LogP contribution < -0.4 is 10.6 Å². The molecule has 1 atom stereocenters. The van der Waals surface area contributed by atoms with E-state index >= 15 is 0 Å². The zero-order chi connectivity index (χ0) is 18.2. The number of hydrogen-bond donors (Lipinski definition) is 2. The first-order chi connectivity index (χ1) is 12.7. The van der Waals surface area contributed by atoms with Crippen molar-refractivity contribution < 1.29 is 9.00 Å². The molecule has 1 saturated heterocycles. The third kappa shape index (κ3) is 5.78. The Morgan fingerprint density at radius 2 is 1.85 bits per heavy atom. The molecule has 5 heteroatoms. The van der Waals surface area contributed by atoms with Gasteiger partial charge < -0.3 is 10.6 Å². The summed E-state index contributed by atoms with van der Waals surface area (Å²) < 4.78 is 12.4. The smallest absolute Gasteiger partial charge is 0.224 e. The second kappa shape index (κ2) is 9.64. The van der Waals surface area contributed by atoms with Crippen LogP contribution in [0.25, 0.3) is 0 Å². The predicted octanol–water partition coefficient (Wildman–Crippen LogP) is 3.71. The van der Waals surface area contributed by atoms with Crippen LogP contribution in [0, 0.1) is 5.92 Å². The molecule has 0 aromatic heterocycles. The van der Waals surface area contributed by atoms with E-state index in [2.05, 4.69) is 10.6 Å². The van der Waals surface area contributed by atoms with Gasteiger partial charge in [-0.1, -0.05) is 30.3 Å². The second-order valence-corrected chi connectivity index (χ2v) is 8.23. The Kier molecular flexibility index (Phi) is 6.97. The Hall–Kier alpha value is -1.98. The van der Waals surface area contributed by atoms with Gasteiger partial charge in [0.25, 0.3) is 0 Å². The molecule has 0 radical (unpaired) electrons. The fourth-order valence-corrected chi connectivity index (χ4v) is 4.38. The summed E-state index contributed by atoms with van der Waals surface area (Å²) >= 11 is 0. The van der Waals surface area contributed by atoms with E-state index in [-0.39, 0.29) is 5.91 Å². The van der Waals surface area contributed by atoms with Crippen LogP contribution in [0.5, 0.6) is 0 Å². The van der Waals surface area contributed by atoms with Gasteiger partial charge in [-0.15, -0.1) is 0 Å². The van der Waals surface area contributed by atoms with Crippen molar-refractivity contribution in [1.82, 2.24) is 5.32 Å². The summed E-state index contributed by atoms with van der Waals surface area (Å²) in [6.45, 7) is 2.12. The highest BCUT2D eigenvalue weighted by Crippen LogP contribution is 2.19. The van der Waals surface area contributed by atoms with Crippen molar-refractivity contribution in [3.63, 3.8) is 0 Å². The summed E-state index contributed by atoms with van der Waals surface area (Å²) in [5.74, 6) is 1.16. The van der Waals surface area contributed by atoms with Crippen LogP contribution in [0.2, 0.25) is 0 Å².